The highest BCUT2D eigenvalue weighted by atomic mass is 35.5. The Morgan fingerprint density at radius 2 is 2.00 bits per heavy atom. The largest absolute Gasteiger partial charge is 0.408 e. The van der Waals surface area contributed by atoms with Crippen LogP contribution in [0.1, 0.15) is 12.0 Å². The molecule has 1 amide bonds. The lowest BCUT2D eigenvalue weighted by Gasteiger charge is -2.23. The van der Waals surface area contributed by atoms with Gasteiger partial charge in [0.25, 0.3) is 0 Å². The Labute approximate surface area is 132 Å². The Morgan fingerprint density at radius 3 is 2.50 bits per heavy atom. The van der Waals surface area contributed by atoms with E-state index in [0.29, 0.717) is 5.56 Å². The second-order valence-electron chi connectivity index (χ2n) is 5.14. The predicted octanol–water partition coefficient (Wildman–Crippen LogP) is 1.42. The number of hydrogen-bond donors (Lipinski definition) is 3. The van der Waals surface area contributed by atoms with E-state index in [1.165, 1.54) is 0 Å². The zero-order valence-corrected chi connectivity index (χ0v) is 12.5. The number of halogens is 4. The minimum Gasteiger partial charge on any atom is -0.392 e. The van der Waals surface area contributed by atoms with Crippen molar-refractivity contribution in [2.75, 3.05) is 6.54 Å². The highest BCUT2D eigenvalue weighted by Gasteiger charge is 2.42. The molecule has 8 heteroatoms. The third-order valence-electron chi connectivity index (χ3n) is 3.42. The van der Waals surface area contributed by atoms with E-state index in [4.69, 9.17) is 0 Å². The maximum Gasteiger partial charge on any atom is 0.408 e. The lowest BCUT2D eigenvalue weighted by atomic mass is 10.0. The van der Waals surface area contributed by atoms with Gasteiger partial charge in [-0.25, -0.2) is 0 Å². The van der Waals surface area contributed by atoms with Crippen molar-refractivity contribution in [3.8, 4) is 0 Å². The van der Waals surface area contributed by atoms with Gasteiger partial charge in [-0.05, 0) is 12.0 Å². The molecule has 0 radical (unpaired) electrons. The first kappa shape index (κ1) is 18.7. The van der Waals surface area contributed by atoms with E-state index < -0.39 is 30.3 Å². The van der Waals surface area contributed by atoms with Gasteiger partial charge in [-0.2, -0.15) is 13.2 Å². The number of alkyl halides is 3. The monoisotopic (exact) mass is 338 g/mol. The van der Waals surface area contributed by atoms with Crippen LogP contribution in [0.2, 0.25) is 0 Å². The van der Waals surface area contributed by atoms with Gasteiger partial charge in [0.1, 0.15) is 6.04 Å². The molecular weight excluding hydrogens is 321 g/mol. The van der Waals surface area contributed by atoms with Crippen molar-refractivity contribution in [2.24, 2.45) is 0 Å². The molecule has 1 aliphatic rings. The summed E-state index contributed by atoms with van der Waals surface area (Å²) in [6, 6.07) is 5.48. The molecule has 3 unspecified atom stereocenters. The summed E-state index contributed by atoms with van der Waals surface area (Å²) in [4.78, 5) is 11.9. The fourth-order valence-electron chi connectivity index (χ4n) is 2.29. The Hall–Kier alpha value is -1.31. The van der Waals surface area contributed by atoms with Crippen LogP contribution < -0.4 is 10.6 Å². The molecular formula is C14H18ClF3N2O2. The number of carbonyl (C=O) groups excluding carboxylic acids is 1. The van der Waals surface area contributed by atoms with Crippen LogP contribution in [-0.2, 0) is 11.2 Å². The normalized spacial score (nSPS) is 22.7. The molecule has 0 saturated carbocycles. The summed E-state index contributed by atoms with van der Waals surface area (Å²) < 4.78 is 39.1. The molecule has 1 aromatic rings. The van der Waals surface area contributed by atoms with Crippen molar-refractivity contribution < 1.29 is 23.1 Å². The van der Waals surface area contributed by atoms with Gasteiger partial charge in [0.05, 0.1) is 12.1 Å². The number of carbonyl (C=O) groups is 1. The molecule has 0 aliphatic carbocycles. The highest BCUT2D eigenvalue weighted by molar-refractivity contribution is 5.85. The van der Waals surface area contributed by atoms with E-state index in [2.05, 4.69) is 5.32 Å². The maximum absolute atomic E-state index is 13.0. The minimum atomic E-state index is -4.53. The third kappa shape index (κ3) is 5.15. The average molecular weight is 339 g/mol. The van der Waals surface area contributed by atoms with Gasteiger partial charge < -0.3 is 15.7 Å². The van der Waals surface area contributed by atoms with Crippen LogP contribution in [0.4, 0.5) is 13.2 Å². The fraction of sp³-hybridized carbons (Fsp3) is 0.500. The number of benzene rings is 1. The molecule has 1 fully saturated rings. The first-order valence-electron chi connectivity index (χ1n) is 6.68. The second-order valence-corrected chi connectivity index (χ2v) is 5.14. The molecule has 1 aromatic carbocycles. The number of aliphatic hydroxyl groups excluding tert-OH is 1. The summed E-state index contributed by atoms with van der Waals surface area (Å²) in [6.45, 7) is 0.216. The standard InChI is InChI=1S/C14H17F3N2O2.ClH/c15-14(16,17)12(6-9-4-2-1-3-5-9)19-13(21)11-7-10(20)8-18-11;/h1-5,10-12,18,20H,6-8H2,(H,19,21);1H. The summed E-state index contributed by atoms with van der Waals surface area (Å²) >= 11 is 0. The van der Waals surface area contributed by atoms with Crippen molar-refractivity contribution in [1.29, 1.82) is 0 Å². The minimum absolute atomic E-state index is 0. The van der Waals surface area contributed by atoms with Crippen LogP contribution in [0.15, 0.2) is 30.3 Å². The molecule has 1 heterocycles. The van der Waals surface area contributed by atoms with Crippen molar-refractivity contribution in [2.45, 2.75) is 37.2 Å². The summed E-state index contributed by atoms with van der Waals surface area (Å²) in [5, 5.41) is 14.0. The molecule has 1 aliphatic heterocycles. The van der Waals surface area contributed by atoms with E-state index in [9.17, 15) is 23.1 Å². The maximum atomic E-state index is 13.0. The van der Waals surface area contributed by atoms with E-state index in [1.54, 1.807) is 30.3 Å². The summed E-state index contributed by atoms with van der Waals surface area (Å²) in [7, 11) is 0. The number of amides is 1. The SMILES string of the molecule is Cl.O=C(NC(Cc1ccccc1)C(F)(F)F)C1CC(O)CN1. The molecule has 1 saturated heterocycles. The van der Waals surface area contributed by atoms with Gasteiger partial charge in [0.2, 0.25) is 5.91 Å². The van der Waals surface area contributed by atoms with Gasteiger partial charge in [0, 0.05) is 13.0 Å². The predicted molar refractivity (Wildman–Crippen MR) is 77.8 cm³/mol. The smallest absolute Gasteiger partial charge is 0.392 e. The number of aliphatic hydroxyl groups is 1. The quantitative estimate of drug-likeness (QED) is 0.778. The highest BCUT2D eigenvalue weighted by Crippen LogP contribution is 2.23. The van der Waals surface area contributed by atoms with Gasteiger partial charge >= 0.3 is 6.18 Å². The van der Waals surface area contributed by atoms with Crippen LogP contribution in [0.25, 0.3) is 0 Å². The summed E-state index contributed by atoms with van der Waals surface area (Å²) in [6.07, 6.45) is -5.41. The second kappa shape index (κ2) is 7.80. The van der Waals surface area contributed by atoms with Crippen molar-refractivity contribution in [1.82, 2.24) is 10.6 Å². The van der Waals surface area contributed by atoms with E-state index in [1.807, 2.05) is 5.32 Å². The molecule has 0 aromatic heterocycles. The Kier molecular flexibility index (Phi) is 6.65. The van der Waals surface area contributed by atoms with E-state index >= 15 is 0 Å². The number of nitrogens with one attached hydrogen (secondary N) is 2. The van der Waals surface area contributed by atoms with Gasteiger partial charge in [-0.3, -0.25) is 4.79 Å². The topological polar surface area (TPSA) is 61.4 Å². The zero-order chi connectivity index (χ0) is 15.5. The van der Waals surface area contributed by atoms with Crippen molar-refractivity contribution in [3.05, 3.63) is 35.9 Å². The number of hydrogen-bond acceptors (Lipinski definition) is 3. The first-order valence-corrected chi connectivity index (χ1v) is 6.68. The van der Waals surface area contributed by atoms with Crippen LogP contribution in [-0.4, -0.2) is 41.9 Å². The van der Waals surface area contributed by atoms with Crippen molar-refractivity contribution in [3.63, 3.8) is 0 Å². The van der Waals surface area contributed by atoms with Gasteiger partial charge in [-0.15, -0.1) is 12.4 Å². The Bertz CT molecular complexity index is 485. The first-order chi connectivity index (χ1) is 9.86. The molecule has 2 rings (SSSR count). The van der Waals surface area contributed by atoms with Crippen molar-refractivity contribution >= 4 is 18.3 Å². The summed E-state index contributed by atoms with van der Waals surface area (Å²) in [5.74, 6) is -0.732. The zero-order valence-electron chi connectivity index (χ0n) is 11.6. The fourth-order valence-corrected chi connectivity index (χ4v) is 2.29. The van der Waals surface area contributed by atoms with Crippen LogP contribution in [0, 0.1) is 0 Å². The molecule has 0 spiro atoms. The molecule has 22 heavy (non-hydrogen) atoms. The van der Waals surface area contributed by atoms with Gasteiger partial charge in [-0.1, -0.05) is 30.3 Å². The Balaban J connectivity index is 0.00000242. The van der Waals surface area contributed by atoms with E-state index in [-0.39, 0.29) is 31.8 Å². The van der Waals surface area contributed by atoms with Crippen LogP contribution in [0.3, 0.4) is 0 Å². The third-order valence-corrected chi connectivity index (χ3v) is 3.42. The molecule has 3 N–H and O–H groups in total. The number of β-amino-alcohol motifs (C(OH)–C–C–N with tert-alkyl or cyclic N) is 1. The lowest BCUT2D eigenvalue weighted by Crippen LogP contribution is -2.51. The molecule has 124 valence electrons. The molecule has 4 nitrogen and oxygen atoms in total. The van der Waals surface area contributed by atoms with E-state index in [0.717, 1.165) is 0 Å². The van der Waals surface area contributed by atoms with Crippen LogP contribution in [0.5, 0.6) is 0 Å². The summed E-state index contributed by atoms with van der Waals surface area (Å²) in [5.41, 5.74) is 0.500. The lowest BCUT2D eigenvalue weighted by molar-refractivity contribution is -0.162. The number of rotatable bonds is 4. The molecule has 0 bridgehead atoms. The average Bonchev–Trinajstić information content (AvgIpc) is 2.85. The molecule has 3 atom stereocenters. The Morgan fingerprint density at radius 1 is 1.36 bits per heavy atom. The van der Waals surface area contributed by atoms with Crippen LogP contribution >= 0.6 is 12.4 Å². The van der Waals surface area contributed by atoms with Gasteiger partial charge in [0.15, 0.2) is 0 Å².